The van der Waals surface area contributed by atoms with Gasteiger partial charge in [-0.3, -0.25) is 4.79 Å². The van der Waals surface area contributed by atoms with Gasteiger partial charge in [-0.25, -0.2) is 0 Å². The van der Waals surface area contributed by atoms with Crippen molar-refractivity contribution in [2.24, 2.45) is 17.3 Å². The molecular formula is C14H31NO. The molecule has 0 unspecified atom stereocenters. The predicted molar refractivity (Wildman–Crippen MR) is 72.4 cm³/mol. The number of nitrogens with zero attached hydrogens (tertiary/aromatic N) is 1. The number of carbonyl (C=O) groups excluding carboxylic acids is 1. The smallest absolute Gasteiger partial charge is 0.227 e. The summed E-state index contributed by atoms with van der Waals surface area (Å²) < 4.78 is 0. The number of hydrogen-bond acceptors (Lipinski definition) is 1. The molecular weight excluding hydrogens is 198 g/mol. The highest BCUT2D eigenvalue weighted by atomic mass is 16.2. The molecule has 0 aromatic carbocycles. The Bertz CT molecular complexity index is 191. The molecule has 0 aromatic rings. The van der Waals surface area contributed by atoms with Crippen molar-refractivity contribution < 1.29 is 4.79 Å². The van der Waals surface area contributed by atoms with Crippen molar-refractivity contribution >= 4 is 5.91 Å². The normalized spacial score (nSPS) is 11.6. The van der Waals surface area contributed by atoms with Crippen LogP contribution >= 0.6 is 0 Å². The monoisotopic (exact) mass is 229 g/mol. The van der Waals surface area contributed by atoms with E-state index in [-0.39, 0.29) is 18.7 Å². The summed E-state index contributed by atoms with van der Waals surface area (Å²) >= 11 is 0. The van der Waals surface area contributed by atoms with E-state index in [0.29, 0.717) is 11.8 Å². The molecule has 98 valence electrons. The van der Waals surface area contributed by atoms with E-state index in [4.69, 9.17) is 0 Å². The van der Waals surface area contributed by atoms with Crippen LogP contribution in [0.15, 0.2) is 0 Å². The minimum absolute atomic E-state index is 0. The van der Waals surface area contributed by atoms with Crippen molar-refractivity contribution in [2.75, 3.05) is 13.1 Å². The minimum atomic E-state index is -0.260. The van der Waals surface area contributed by atoms with Crippen molar-refractivity contribution in [2.45, 2.75) is 55.9 Å². The lowest BCUT2D eigenvalue weighted by Crippen LogP contribution is -2.43. The maximum absolute atomic E-state index is 12.2. The van der Waals surface area contributed by atoms with Crippen LogP contribution in [-0.2, 0) is 4.79 Å². The molecule has 2 nitrogen and oxygen atoms in total. The maximum atomic E-state index is 12.2. The van der Waals surface area contributed by atoms with Crippen LogP contribution in [-0.4, -0.2) is 23.9 Å². The highest BCUT2D eigenvalue weighted by molar-refractivity contribution is 5.81. The van der Waals surface area contributed by atoms with Crippen molar-refractivity contribution in [1.29, 1.82) is 0 Å². The van der Waals surface area contributed by atoms with Gasteiger partial charge in [-0.2, -0.15) is 0 Å². The standard InChI is InChI=1S/C13H27NO.CH4/c1-10(2)8-14(9-11(3)4)12(15)13(5,6)7;/h10-11H,8-9H2,1-7H3;1H4. The zero-order valence-corrected chi connectivity index (χ0v) is 11.4. The average Bonchev–Trinajstić information content (AvgIpc) is 1.98. The first-order chi connectivity index (χ1) is 6.64. The fraction of sp³-hybridized carbons (Fsp3) is 0.929. The third-order valence-corrected chi connectivity index (χ3v) is 2.10. The van der Waals surface area contributed by atoms with Gasteiger partial charge in [0, 0.05) is 18.5 Å². The van der Waals surface area contributed by atoms with Gasteiger partial charge in [-0.05, 0) is 11.8 Å². The first-order valence-corrected chi connectivity index (χ1v) is 5.94. The topological polar surface area (TPSA) is 20.3 Å². The van der Waals surface area contributed by atoms with Crippen LogP contribution in [0.2, 0.25) is 0 Å². The quantitative estimate of drug-likeness (QED) is 0.718. The molecule has 16 heavy (non-hydrogen) atoms. The fourth-order valence-electron chi connectivity index (χ4n) is 1.60. The summed E-state index contributed by atoms with van der Waals surface area (Å²) in [7, 11) is 0. The van der Waals surface area contributed by atoms with Gasteiger partial charge in [-0.15, -0.1) is 0 Å². The number of carbonyl (C=O) groups is 1. The lowest BCUT2D eigenvalue weighted by Gasteiger charge is -2.32. The van der Waals surface area contributed by atoms with E-state index >= 15 is 0 Å². The number of hydrogen-bond donors (Lipinski definition) is 0. The van der Waals surface area contributed by atoms with Gasteiger partial charge in [0.05, 0.1) is 0 Å². The first-order valence-electron chi connectivity index (χ1n) is 5.94. The lowest BCUT2D eigenvalue weighted by molar-refractivity contribution is -0.140. The molecule has 0 saturated carbocycles. The molecule has 0 spiro atoms. The summed E-state index contributed by atoms with van der Waals surface area (Å²) in [5.41, 5.74) is -0.260. The van der Waals surface area contributed by atoms with E-state index in [9.17, 15) is 4.79 Å². The molecule has 0 saturated heterocycles. The Morgan fingerprint density at radius 2 is 1.31 bits per heavy atom. The molecule has 0 aliphatic carbocycles. The Balaban J connectivity index is 0. The van der Waals surface area contributed by atoms with E-state index in [1.807, 2.05) is 25.7 Å². The van der Waals surface area contributed by atoms with E-state index in [1.54, 1.807) is 0 Å². The molecule has 2 heteroatoms. The Labute approximate surface area is 102 Å². The van der Waals surface area contributed by atoms with Crippen LogP contribution in [0.5, 0.6) is 0 Å². The highest BCUT2D eigenvalue weighted by Crippen LogP contribution is 2.19. The second kappa shape index (κ2) is 6.93. The number of amides is 1. The zero-order chi connectivity index (χ0) is 12.2. The SMILES string of the molecule is C.CC(C)CN(CC(C)C)C(=O)C(C)(C)C. The van der Waals surface area contributed by atoms with Gasteiger partial charge in [-0.1, -0.05) is 55.9 Å². The molecule has 0 aromatic heterocycles. The van der Waals surface area contributed by atoms with Gasteiger partial charge in [0.25, 0.3) is 0 Å². The highest BCUT2D eigenvalue weighted by Gasteiger charge is 2.27. The molecule has 1 amide bonds. The molecule has 0 aliphatic heterocycles. The second-order valence-corrected chi connectivity index (χ2v) is 6.25. The van der Waals surface area contributed by atoms with Crippen LogP contribution in [0.3, 0.4) is 0 Å². The van der Waals surface area contributed by atoms with Gasteiger partial charge >= 0.3 is 0 Å². The minimum Gasteiger partial charge on any atom is -0.342 e. The zero-order valence-electron chi connectivity index (χ0n) is 11.4. The van der Waals surface area contributed by atoms with E-state index < -0.39 is 0 Å². The second-order valence-electron chi connectivity index (χ2n) is 6.25. The van der Waals surface area contributed by atoms with Gasteiger partial charge in [0.1, 0.15) is 0 Å². The summed E-state index contributed by atoms with van der Waals surface area (Å²) in [5.74, 6) is 1.34. The molecule has 0 aliphatic rings. The third kappa shape index (κ3) is 6.86. The van der Waals surface area contributed by atoms with E-state index in [0.717, 1.165) is 13.1 Å². The van der Waals surface area contributed by atoms with Crippen molar-refractivity contribution in [3.8, 4) is 0 Å². The molecule has 0 radical (unpaired) electrons. The summed E-state index contributed by atoms with van der Waals surface area (Å²) in [6, 6.07) is 0. The molecule has 0 rings (SSSR count). The average molecular weight is 229 g/mol. The Kier molecular flexibility index (Phi) is 7.73. The van der Waals surface area contributed by atoms with Crippen molar-refractivity contribution in [3.05, 3.63) is 0 Å². The maximum Gasteiger partial charge on any atom is 0.227 e. The largest absolute Gasteiger partial charge is 0.342 e. The van der Waals surface area contributed by atoms with Gasteiger partial charge < -0.3 is 4.90 Å². The third-order valence-electron chi connectivity index (χ3n) is 2.10. The molecule has 0 N–H and O–H groups in total. The summed E-state index contributed by atoms with van der Waals surface area (Å²) in [4.78, 5) is 14.2. The van der Waals surface area contributed by atoms with Crippen molar-refractivity contribution in [3.63, 3.8) is 0 Å². The van der Waals surface area contributed by atoms with Crippen LogP contribution < -0.4 is 0 Å². The molecule has 0 heterocycles. The summed E-state index contributed by atoms with van der Waals surface area (Å²) in [5, 5.41) is 0. The Hall–Kier alpha value is -0.530. The lowest BCUT2D eigenvalue weighted by atomic mass is 9.93. The summed E-state index contributed by atoms with van der Waals surface area (Å²) in [6.07, 6.45) is 0. The van der Waals surface area contributed by atoms with Crippen molar-refractivity contribution in [1.82, 2.24) is 4.90 Å². The van der Waals surface area contributed by atoms with E-state index in [1.165, 1.54) is 0 Å². The fourth-order valence-corrected chi connectivity index (χ4v) is 1.60. The Morgan fingerprint density at radius 3 is 1.50 bits per heavy atom. The van der Waals surface area contributed by atoms with E-state index in [2.05, 4.69) is 27.7 Å². The number of rotatable bonds is 4. The summed E-state index contributed by atoms with van der Waals surface area (Å²) in [6.45, 7) is 16.3. The first kappa shape index (κ1) is 17.9. The van der Waals surface area contributed by atoms with Gasteiger partial charge in [0.2, 0.25) is 5.91 Å². The van der Waals surface area contributed by atoms with Crippen LogP contribution in [0, 0.1) is 17.3 Å². The van der Waals surface area contributed by atoms with Crippen LogP contribution in [0.4, 0.5) is 0 Å². The Morgan fingerprint density at radius 1 is 1.00 bits per heavy atom. The van der Waals surface area contributed by atoms with Crippen LogP contribution in [0.1, 0.15) is 55.9 Å². The van der Waals surface area contributed by atoms with Crippen LogP contribution in [0.25, 0.3) is 0 Å². The molecule has 0 bridgehead atoms. The predicted octanol–water partition coefficient (Wildman–Crippen LogP) is 3.81. The molecule has 0 atom stereocenters. The molecule has 0 fully saturated rings. The van der Waals surface area contributed by atoms with Gasteiger partial charge in [0.15, 0.2) is 0 Å².